The number of aryl methyl sites for hydroxylation is 2. The number of nitrogens with one attached hydrogen (secondary N) is 1. The molecular weight excluding hydrogens is 245 g/mol. The standard InChI is InChI=1S/C11H11F3N4/c1-5-9(15)11(18(2)17-5)16-10-7(13)3-6(12)4-8(10)14/h3-4,16H,15H2,1-2H3. The molecule has 1 heterocycles. The molecule has 0 bridgehead atoms. The van der Waals surface area contributed by atoms with Crippen molar-refractivity contribution in [3.8, 4) is 0 Å². The topological polar surface area (TPSA) is 55.9 Å². The van der Waals surface area contributed by atoms with Gasteiger partial charge in [0.2, 0.25) is 0 Å². The Morgan fingerprint density at radius 1 is 1.22 bits per heavy atom. The van der Waals surface area contributed by atoms with Gasteiger partial charge in [-0.05, 0) is 6.92 Å². The van der Waals surface area contributed by atoms with E-state index < -0.39 is 23.1 Å². The average Bonchev–Trinajstić information content (AvgIpc) is 2.48. The van der Waals surface area contributed by atoms with E-state index in [2.05, 4.69) is 10.4 Å². The number of anilines is 3. The lowest BCUT2D eigenvalue weighted by Crippen LogP contribution is -2.05. The average molecular weight is 256 g/mol. The van der Waals surface area contributed by atoms with Crippen molar-refractivity contribution in [2.45, 2.75) is 6.92 Å². The highest BCUT2D eigenvalue weighted by Gasteiger charge is 2.16. The van der Waals surface area contributed by atoms with E-state index in [9.17, 15) is 13.2 Å². The molecule has 2 rings (SSSR count). The van der Waals surface area contributed by atoms with Crippen molar-refractivity contribution < 1.29 is 13.2 Å². The first-order valence-electron chi connectivity index (χ1n) is 5.10. The quantitative estimate of drug-likeness (QED) is 0.867. The van der Waals surface area contributed by atoms with Gasteiger partial charge in [0.1, 0.15) is 11.5 Å². The van der Waals surface area contributed by atoms with Gasteiger partial charge in [-0.25, -0.2) is 13.2 Å². The van der Waals surface area contributed by atoms with Gasteiger partial charge in [-0.15, -0.1) is 0 Å². The van der Waals surface area contributed by atoms with Crippen LogP contribution in [0.1, 0.15) is 5.69 Å². The SMILES string of the molecule is Cc1nn(C)c(Nc2c(F)cc(F)cc2F)c1N. The first-order valence-corrected chi connectivity index (χ1v) is 5.10. The van der Waals surface area contributed by atoms with Crippen molar-refractivity contribution in [2.75, 3.05) is 11.1 Å². The van der Waals surface area contributed by atoms with Gasteiger partial charge in [-0.1, -0.05) is 0 Å². The number of halogens is 3. The number of rotatable bonds is 2. The van der Waals surface area contributed by atoms with Gasteiger partial charge >= 0.3 is 0 Å². The van der Waals surface area contributed by atoms with Crippen LogP contribution in [0.25, 0.3) is 0 Å². The Morgan fingerprint density at radius 3 is 2.22 bits per heavy atom. The van der Waals surface area contributed by atoms with Gasteiger partial charge in [0.05, 0.1) is 11.4 Å². The Bertz CT molecular complexity index is 584. The van der Waals surface area contributed by atoms with Gasteiger partial charge in [-0.3, -0.25) is 4.68 Å². The van der Waals surface area contributed by atoms with Gasteiger partial charge in [-0.2, -0.15) is 5.10 Å². The third-order valence-corrected chi connectivity index (χ3v) is 2.52. The summed E-state index contributed by atoms with van der Waals surface area (Å²) in [5, 5.41) is 6.48. The zero-order valence-electron chi connectivity index (χ0n) is 9.76. The van der Waals surface area contributed by atoms with Crippen LogP contribution in [0, 0.1) is 24.4 Å². The van der Waals surface area contributed by atoms with Crippen molar-refractivity contribution in [1.29, 1.82) is 0 Å². The Balaban J connectivity index is 2.46. The monoisotopic (exact) mass is 256 g/mol. The van der Waals surface area contributed by atoms with Crippen LogP contribution in [0.2, 0.25) is 0 Å². The molecule has 18 heavy (non-hydrogen) atoms. The fourth-order valence-corrected chi connectivity index (χ4v) is 1.60. The maximum Gasteiger partial charge on any atom is 0.152 e. The summed E-state index contributed by atoms with van der Waals surface area (Å²) in [5.74, 6) is -2.81. The lowest BCUT2D eigenvalue weighted by atomic mass is 10.2. The van der Waals surface area contributed by atoms with Crippen LogP contribution in [-0.4, -0.2) is 9.78 Å². The first kappa shape index (κ1) is 12.3. The van der Waals surface area contributed by atoms with Gasteiger partial charge in [0.15, 0.2) is 17.5 Å². The molecule has 7 heteroatoms. The van der Waals surface area contributed by atoms with Crippen LogP contribution in [0.4, 0.5) is 30.4 Å². The van der Waals surface area contributed by atoms with Gasteiger partial charge < -0.3 is 11.1 Å². The second-order valence-electron chi connectivity index (χ2n) is 3.84. The summed E-state index contributed by atoms with van der Waals surface area (Å²) in [7, 11) is 1.57. The summed E-state index contributed by atoms with van der Waals surface area (Å²) in [6.45, 7) is 1.66. The minimum Gasteiger partial charge on any atom is -0.394 e. The number of nitrogens with two attached hydrogens (primary N) is 1. The van der Waals surface area contributed by atoms with E-state index in [0.717, 1.165) is 0 Å². The van der Waals surface area contributed by atoms with Crippen LogP contribution in [0.5, 0.6) is 0 Å². The molecule has 0 spiro atoms. The first-order chi connectivity index (χ1) is 8.40. The van der Waals surface area contributed by atoms with E-state index in [1.807, 2.05) is 0 Å². The molecule has 0 amide bonds. The molecule has 0 radical (unpaired) electrons. The Kier molecular flexibility index (Phi) is 2.90. The zero-order valence-corrected chi connectivity index (χ0v) is 9.76. The third kappa shape index (κ3) is 1.99. The number of nitrogens with zero attached hydrogens (tertiary/aromatic N) is 2. The van der Waals surface area contributed by atoms with E-state index in [-0.39, 0.29) is 11.5 Å². The number of hydrogen-bond acceptors (Lipinski definition) is 3. The second kappa shape index (κ2) is 4.25. The molecule has 2 aromatic rings. The van der Waals surface area contributed by atoms with Crippen molar-refractivity contribution >= 4 is 17.2 Å². The zero-order chi connectivity index (χ0) is 13.4. The van der Waals surface area contributed by atoms with Crippen LogP contribution in [-0.2, 0) is 7.05 Å². The molecule has 3 N–H and O–H groups in total. The van der Waals surface area contributed by atoms with Crippen LogP contribution >= 0.6 is 0 Å². The molecular formula is C11H11F3N4. The fourth-order valence-electron chi connectivity index (χ4n) is 1.60. The molecule has 1 aromatic carbocycles. The van der Waals surface area contributed by atoms with Crippen molar-refractivity contribution in [3.05, 3.63) is 35.3 Å². The summed E-state index contributed by atoms with van der Waals surface area (Å²) in [5.41, 5.74) is 6.06. The molecule has 1 aromatic heterocycles. The highest BCUT2D eigenvalue weighted by Crippen LogP contribution is 2.28. The smallest absolute Gasteiger partial charge is 0.152 e. The van der Waals surface area contributed by atoms with E-state index in [1.54, 1.807) is 14.0 Å². The number of nitrogen functional groups attached to an aromatic ring is 1. The molecule has 0 unspecified atom stereocenters. The van der Waals surface area contributed by atoms with Crippen molar-refractivity contribution in [3.63, 3.8) is 0 Å². The van der Waals surface area contributed by atoms with E-state index >= 15 is 0 Å². The van der Waals surface area contributed by atoms with Crippen molar-refractivity contribution in [1.82, 2.24) is 9.78 Å². The van der Waals surface area contributed by atoms with Gasteiger partial charge in [0, 0.05) is 19.2 Å². The number of benzene rings is 1. The van der Waals surface area contributed by atoms with Crippen LogP contribution in [0.3, 0.4) is 0 Å². The largest absolute Gasteiger partial charge is 0.394 e. The normalized spacial score (nSPS) is 10.7. The lowest BCUT2D eigenvalue weighted by molar-refractivity contribution is 0.548. The number of hydrogen-bond donors (Lipinski definition) is 2. The van der Waals surface area contributed by atoms with Crippen LogP contribution < -0.4 is 11.1 Å². The summed E-state index contributed by atoms with van der Waals surface area (Å²) >= 11 is 0. The molecule has 4 nitrogen and oxygen atoms in total. The molecule has 0 saturated heterocycles. The number of aromatic nitrogens is 2. The molecule has 96 valence electrons. The minimum atomic E-state index is -1.04. The van der Waals surface area contributed by atoms with E-state index in [4.69, 9.17) is 5.73 Å². The molecule has 0 aliphatic rings. The fraction of sp³-hybridized carbons (Fsp3) is 0.182. The maximum absolute atomic E-state index is 13.5. The van der Waals surface area contributed by atoms with Gasteiger partial charge in [0.25, 0.3) is 0 Å². The summed E-state index contributed by atoms with van der Waals surface area (Å²) < 4.78 is 41.0. The Labute approximate surface area is 101 Å². The molecule has 0 fully saturated rings. The van der Waals surface area contributed by atoms with Crippen molar-refractivity contribution in [2.24, 2.45) is 7.05 Å². The highest BCUT2D eigenvalue weighted by molar-refractivity contribution is 5.71. The van der Waals surface area contributed by atoms with E-state index in [1.165, 1.54) is 4.68 Å². The predicted molar refractivity (Wildman–Crippen MR) is 62.0 cm³/mol. The molecule has 0 saturated carbocycles. The summed E-state index contributed by atoms with van der Waals surface area (Å²) in [6, 6.07) is 1.18. The maximum atomic E-state index is 13.5. The Hall–Kier alpha value is -2.18. The van der Waals surface area contributed by atoms with Crippen LogP contribution in [0.15, 0.2) is 12.1 Å². The lowest BCUT2D eigenvalue weighted by Gasteiger charge is -2.09. The molecule has 0 aliphatic carbocycles. The predicted octanol–water partition coefficient (Wildman–Crippen LogP) is 2.47. The highest BCUT2D eigenvalue weighted by atomic mass is 19.1. The minimum absolute atomic E-state index is 0.247. The third-order valence-electron chi connectivity index (χ3n) is 2.52. The van der Waals surface area contributed by atoms with E-state index in [0.29, 0.717) is 17.8 Å². The molecule has 0 aliphatic heterocycles. The summed E-state index contributed by atoms with van der Waals surface area (Å²) in [6.07, 6.45) is 0. The molecule has 0 atom stereocenters. The summed E-state index contributed by atoms with van der Waals surface area (Å²) in [4.78, 5) is 0. The second-order valence-corrected chi connectivity index (χ2v) is 3.84. The Morgan fingerprint density at radius 2 is 1.78 bits per heavy atom.